The second-order valence-electron chi connectivity index (χ2n) is 2.49. The molecule has 0 amide bonds. The van der Waals surface area contributed by atoms with Gasteiger partial charge in [0.1, 0.15) is 0 Å². The molecule has 0 fully saturated rings. The van der Waals surface area contributed by atoms with Gasteiger partial charge in [0.05, 0.1) is 19.1 Å². The average Bonchev–Trinajstić information content (AvgIpc) is 1.96. The van der Waals surface area contributed by atoms with Crippen molar-refractivity contribution in [3.8, 4) is 0 Å². The molecule has 0 unspecified atom stereocenters. The van der Waals surface area contributed by atoms with E-state index in [-0.39, 0.29) is 0 Å². The van der Waals surface area contributed by atoms with Gasteiger partial charge in [-0.2, -0.15) is 26.3 Å². The third-order valence-electron chi connectivity index (χ3n) is 1.18. The number of carbonyl (C=O) groups excluding carboxylic acids is 1. The van der Waals surface area contributed by atoms with Crippen molar-refractivity contribution in [2.45, 2.75) is 18.8 Å². The number of rotatable bonds is 2. The van der Waals surface area contributed by atoms with Crippen LogP contribution in [0.3, 0.4) is 0 Å². The summed E-state index contributed by atoms with van der Waals surface area (Å²) in [6.07, 6.45) is -12.6. The van der Waals surface area contributed by atoms with Crippen molar-refractivity contribution in [1.29, 1.82) is 0 Å². The summed E-state index contributed by atoms with van der Waals surface area (Å²) < 4.78 is 74.3. The normalized spacial score (nSPS) is 13.9. The molecule has 0 aromatic rings. The van der Waals surface area contributed by atoms with Crippen LogP contribution in [0.5, 0.6) is 0 Å². The van der Waals surface area contributed by atoms with Gasteiger partial charge in [-0.15, -0.1) is 0 Å². The first-order valence-corrected chi connectivity index (χ1v) is 3.48. The molecular weight excluding hydrogens is 230 g/mol. The summed E-state index contributed by atoms with van der Waals surface area (Å²) in [5.74, 6) is -1.65. The first-order valence-electron chi connectivity index (χ1n) is 3.48. The van der Waals surface area contributed by atoms with Crippen LogP contribution in [0, 0.1) is 0 Å². The Bertz CT molecular complexity index is 262. The first-order chi connectivity index (χ1) is 6.55. The maximum Gasteiger partial charge on any atom is 0.410 e. The zero-order valence-corrected chi connectivity index (χ0v) is 7.37. The van der Waals surface area contributed by atoms with Gasteiger partial charge < -0.3 is 4.74 Å². The molecule has 0 bridgehead atoms. The van der Waals surface area contributed by atoms with E-state index in [1.165, 1.54) is 0 Å². The lowest BCUT2D eigenvalue weighted by atomic mass is 10.1. The predicted molar refractivity (Wildman–Crippen MR) is 36.8 cm³/mol. The number of allylic oxidation sites excluding steroid dienone is 1. The van der Waals surface area contributed by atoms with Gasteiger partial charge in [-0.3, -0.25) is 0 Å². The van der Waals surface area contributed by atoms with Gasteiger partial charge in [0.2, 0.25) is 0 Å². The highest BCUT2D eigenvalue weighted by molar-refractivity contribution is 5.88. The SMILES string of the molecule is COC(=O)/C(=C\C(F)(F)F)CC(F)(F)F. The quantitative estimate of drug-likeness (QED) is 0.418. The topological polar surface area (TPSA) is 26.3 Å². The molecule has 0 aromatic heterocycles. The number of methoxy groups -OCH3 is 1. The zero-order chi connectivity index (χ0) is 12.3. The van der Waals surface area contributed by atoms with Gasteiger partial charge in [-0.25, -0.2) is 4.79 Å². The molecule has 0 radical (unpaired) electrons. The molecule has 0 saturated carbocycles. The fourth-order valence-electron chi connectivity index (χ4n) is 0.727. The molecule has 0 rings (SSSR count). The second-order valence-corrected chi connectivity index (χ2v) is 2.49. The minimum Gasteiger partial charge on any atom is -0.466 e. The summed E-state index contributed by atoms with van der Waals surface area (Å²) in [4.78, 5) is 10.6. The van der Waals surface area contributed by atoms with Gasteiger partial charge in [0, 0.05) is 6.08 Å². The lowest BCUT2D eigenvalue weighted by molar-refractivity contribution is -0.146. The Labute approximate surface area is 80.5 Å². The molecular formula is C7H6F6O2. The molecule has 0 heterocycles. The molecule has 15 heavy (non-hydrogen) atoms. The van der Waals surface area contributed by atoms with Crippen molar-refractivity contribution in [2.24, 2.45) is 0 Å². The van der Waals surface area contributed by atoms with E-state index in [0.717, 1.165) is 0 Å². The smallest absolute Gasteiger partial charge is 0.410 e. The van der Waals surface area contributed by atoms with Crippen molar-refractivity contribution in [3.05, 3.63) is 11.6 Å². The Morgan fingerprint density at radius 2 is 1.67 bits per heavy atom. The van der Waals surface area contributed by atoms with E-state index >= 15 is 0 Å². The number of carbonyl (C=O) groups is 1. The number of alkyl halides is 6. The number of halogens is 6. The Kier molecular flexibility index (Phi) is 4.17. The van der Waals surface area contributed by atoms with Crippen molar-refractivity contribution < 1.29 is 35.9 Å². The Morgan fingerprint density at radius 3 is 1.93 bits per heavy atom. The summed E-state index contributed by atoms with van der Waals surface area (Å²) in [6, 6.07) is 0. The zero-order valence-electron chi connectivity index (χ0n) is 7.37. The van der Waals surface area contributed by atoms with E-state index in [1.54, 1.807) is 0 Å². The third-order valence-corrected chi connectivity index (χ3v) is 1.18. The highest BCUT2D eigenvalue weighted by Crippen LogP contribution is 2.28. The Hall–Kier alpha value is -1.21. The van der Waals surface area contributed by atoms with Crippen LogP contribution in [0.1, 0.15) is 6.42 Å². The summed E-state index contributed by atoms with van der Waals surface area (Å²) in [6.45, 7) is 0. The molecule has 0 aliphatic heterocycles. The van der Waals surface area contributed by atoms with Gasteiger partial charge in [0.25, 0.3) is 0 Å². The minimum atomic E-state index is -4.99. The van der Waals surface area contributed by atoms with E-state index in [1.807, 2.05) is 0 Å². The Balaban J connectivity index is 4.92. The van der Waals surface area contributed by atoms with Crippen molar-refractivity contribution in [3.63, 3.8) is 0 Å². The fourth-order valence-corrected chi connectivity index (χ4v) is 0.727. The van der Waals surface area contributed by atoms with Crippen LogP contribution in [0.25, 0.3) is 0 Å². The number of esters is 1. The maximum absolute atomic E-state index is 11.8. The number of ether oxygens (including phenoxy) is 1. The van der Waals surface area contributed by atoms with Crippen molar-refractivity contribution >= 4 is 5.97 Å². The molecule has 0 aromatic carbocycles. The second kappa shape index (κ2) is 4.54. The lowest BCUT2D eigenvalue weighted by Crippen LogP contribution is -2.18. The monoisotopic (exact) mass is 236 g/mol. The fraction of sp³-hybridized carbons (Fsp3) is 0.571. The van der Waals surface area contributed by atoms with E-state index in [4.69, 9.17) is 0 Å². The average molecular weight is 236 g/mol. The summed E-state index contributed by atoms with van der Waals surface area (Å²) >= 11 is 0. The first kappa shape index (κ1) is 13.8. The molecule has 0 atom stereocenters. The van der Waals surface area contributed by atoms with Crippen molar-refractivity contribution in [2.75, 3.05) is 7.11 Å². The van der Waals surface area contributed by atoms with Crippen LogP contribution in [0.15, 0.2) is 11.6 Å². The predicted octanol–water partition coefficient (Wildman–Crippen LogP) is 2.60. The van der Waals surface area contributed by atoms with Crippen LogP contribution in [-0.2, 0) is 9.53 Å². The van der Waals surface area contributed by atoms with E-state index in [0.29, 0.717) is 7.11 Å². The van der Waals surface area contributed by atoms with Crippen LogP contribution < -0.4 is 0 Å². The van der Waals surface area contributed by atoms with E-state index < -0.39 is 36.4 Å². The highest BCUT2D eigenvalue weighted by atomic mass is 19.4. The minimum absolute atomic E-state index is 0.697. The van der Waals surface area contributed by atoms with Crippen LogP contribution in [0.4, 0.5) is 26.3 Å². The van der Waals surface area contributed by atoms with Crippen LogP contribution >= 0.6 is 0 Å². The summed E-state index contributed by atoms with van der Waals surface area (Å²) in [5.41, 5.74) is -1.47. The van der Waals surface area contributed by atoms with Gasteiger partial charge >= 0.3 is 18.3 Å². The molecule has 8 heteroatoms. The third kappa shape index (κ3) is 6.81. The Morgan fingerprint density at radius 1 is 1.20 bits per heavy atom. The molecule has 0 aliphatic carbocycles. The van der Waals surface area contributed by atoms with Gasteiger partial charge in [-0.05, 0) is 0 Å². The van der Waals surface area contributed by atoms with Gasteiger partial charge in [0.15, 0.2) is 0 Å². The van der Waals surface area contributed by atoms with Crippen LogP contribution in [-0.4, -0.2) is 25.4 Å². The van der Waals surface area contributed by atoms with E-state index in [9.17, 15) is 31.1 Å². The maximum atomic E-state index is 11.8. The number of hydrogen-bond donors (Lipinski definition) is 0. The van der Waals surface area contributed by atoms with Gasteiger partial charge in [-0.1, -0.05) is 0 Å². The van der Waals surface area contributed by atoms with Crippen molar-refractivity contribution in [1.82, 2.24) is 0 Å². The van der Waals surface area contributed by atoms with Crippen LogP contribution in [0.2, 0.25) is 0 Å². The highest BCUT2D eigenvalue weighted by Gasteiger charge is 2.35. The summed E-state index contributed by atoms with van der Waals surface area (Å²) in [7, 11) is 0.697. The van der Waals surface area contributed by atoms with E-state index in [2.05, 4.69) is 4.74 Å². The molecule has 0 saturated heterocycles. The molecule has 2 nitrogen and oxygen atoms in total. The molecule has 0 N–H and O–H groups in total. The molecule has 0 spiro atoms. The largest absolute Gasteiger partial charge is 0.466 e. The molecule has 0 aliphatic rings. The number of hydrogen-bond acceptors (Lipinski definition) is 2. The lowest BCUT2D eigenvalue weighted by Gasteiger charge is -2.09. The standard InChI is InChI=1S/C7H6F6O2/c1-15-5(14)4(2-6(8,9)10)3-7(11,12)13/h2H,3H2,1H3/b4-2-. The molecule has 88 valence electrons. The summed E-state index contributed by atoms with van der Waals surface area (Å²) in [5, 5.41) is 0.